The summed E-state index contributed by atoms with van der Waals surface area (Å²) in [5.74, 6) is 0.966. The molecule has 11 heteroatoms. The Kier molecular flexibility index (Phi) is 7.72. The number of anilines is 2. The number of carbonyl (C=O) groups excluding carboxylic acids is 1. The highest BCUT2D eigenvalue weighted by Gasteiger charge is 2.39. The molecule has 10 nitrogen and oxygen atoms in total. The molecule has 1 N–H and O–H groups in total. The Balaban J connectivity index is 1.21. The maximum Gasteiger partial charge on any atom is 0.318 e. The number of benzene rings is 2. The van der Waals surface area contributed by atoms with Gasteiger partial charge >= 0.3 is 6.01 Å². The van der Waals surface area contributed by atoms with Gasteiger partial charge in [0.15, 0.2) is 0 Å². The molecule has 43 heavy (non-hydrogen) atoms. The molecule has 2 aromatic carbocycles. The maximum absolute atomic E-state index is 13.0. The topological polar surface area (TPSA) is 111 Å². The number of amides is 1. The van der Waals surface area contributed by atoms with Crippen LogP contribution in [0.3, 0.4) is 0 Å². The zero-order valence-electron chi connectivity index (χ0n) is 24.5. The van der Waals surface area contributed by atoms with Crippen molar-refractivity contribution < 1.29 is 9.53 Å². The predicted molar refractivity (Wildman–Crippen MR) is 167 cm³/mol. The lowest BCUT2D eigenvalue weighted by Gasteiger charge is -2.42. The molecule has 3 saturated heterocycles. The van der Waals surface area contributed by atoms with Crippen LogP contribution in [0.25, 0.3) is 10.8 Å². The van der Waals surface area contributed by atoms with E-state index in [-0.39, 0.29) is 24.4 Å². The first-order chi connectivity index (χ1) is 21.0. The summed E-state index contributed by atoms with van der Waals surface area (Å²) in [6.45, 7) is 5.52. The van der Waals surface area contributed by atoms with Crippen molar-refractivity contribution in [2.45, 2.75) is 50.4 Å². The second kappa shape index (κ2) is 11.8. The number of aromatic nitrogens is 2. The molecule has 0 unspecified atom stereocenters. The second-order valence-electron chi connectivity index (χ2n) is 12.1. The number of carbonyl (C=O) groups is 1. The second-order valence-corrected chi connectivity index (χ2v) is 12.5. The predicted octanol–water partition coefficient (Wildman–Crippen LogP) is 3.22. The molecule has 5 heterocycles. The minimum absolute atomic E-state index is 0.0960. The quantitative estimate of drug-likeness (QED) is 0.409. The van der Waals surface area contributed by atoms with E-state index in [9.17, 15) is 10.1 Å². The number of nitriles is 1. The third-order valence-electron chi connectivity index (χ3n) is 9.37. The Morgan fingerprint density at radius 1 is 1.12 bits per heavy atom. The molecule has 0 bridgehead atoms. The summed E-state index contributed by atoms with van der Waals surface area (Å²) in [7, 11) is 2.14. The zero-order chi connectivity index (χ0) is 29.5. The van der Waals surface area contributed by atoms with E-state index >= 15 is 0 Å². The average Bonchev–Trinajstić information content (AvgIpc) is 3.80. The van der Waals surface area contributed by atoms with Crippen LogP contribution in [0.1, 0.15) is 30.5 Å². The van der Waals surface area contributed by atoms with Crippen LogP contribution in [0.2, 0.25) is 5.02 Å². The number of hydrogen-bond acceptors (Lipinski definition) is 9. The van der Waals surface area contributed by atoms with Crippen molar-refractivity contribution in [2.75, 3.05) is 62.7 Å². The monoisotopic (exact) mass is 600 g/mol. The molecular weight excluding hydrogens is 564 g/mol. The summed E-state index contributed by atoms with van der Waals surface area (Å²) >= 11 is 6.71. The van der Waals surface area contributed by atoms with E-state index in [1.807, 2.05) is 17.0 Å². The Morgan fingerprint density at radius 2 is 1.95 bits per heavy atom. The number of fused-ring (bicyclic) bond motifs is 2. The normalized spacial score (nSPS) is 23.7. The van der Waals surface area contributed by atoms with Gasteiger partial charge in [-0.25, -0.2) is 0 Å². The highest BCUT2D eigenvalue weighted by molar-refractivity contribution is 6.36. The summed E-state index contributed by atoms with van der Waals surface area (Å²) in [4.78, 5) is 31.8. The fourth-order valence-corrected chi connectivity index (χ4v) is 7.15. The smallest absolute Gasteiger partial charge is 0.318 e. The van der Waals surface area contributed by atoms with Gasteiger partial charge in [0.05, 0.1) is 41.8 Å². The van der Waals surface area contributed by atoms with Gasteiger partial charge in [-0.15, -0.1) is 0 Å². The van der Waals surface area contributed by atoms with Gasteiger partial charge < -0.3 is 29.7 Å². The van der Waals surface area contributed by atoms with Gasteiger partial charge in [-0.1, -0.05) is 35.9 Å². The van der Waals surface area contributed by atoms with Crippen LogP contribution in [-0.2, 0) is 17.8 Å². The van der Waals surface area contributed by atoms with Crippen LogP contribution in [0.5, 0.6) is 6.01 Å². The minimum atomic E-state index is -0.186. The zero-order valence-corrected chi connectivity index (χ0v) is 25.3. The summed E-state index contributed by atoms with van der Waals surface area (Å²) in [6.07, 6.45) is 3.33. The molecule has 3 atom stereocenters. The van der Waals surface area contributed by atoms with Gasteiger partial charge in [0.2, 0.25) is 5.91 Å². The lowest BCUT2D eigenvalue weighted by molar-refractivity contribution is -0.133. The van der Waals surface area contributed by atoms with Crippen molar-refractivity contribution in [3.63, 3.8) is 0 Å². The number of likely N-dealkylation sites (tertiary alicyclic amines) is 1. The van der Waals surface area contributed by atoms with E-state index in [1.165, 1.54) is 6.42 Å². The third-order valence-corrected chi connectivity index (χ3v) is 9.69. The van der Waals surface area contributed by atoms with Crippen LogP contribution in [0, 0.1) is 11.3 Å². The Hall–Kier alpha value is -3.65. The van der Waals surface area contributed by atoms with E-state index in [0.717, 1.165) is 64.5 Å². The van der Waals surface area contributed by atoms with Crippen LogP contribution < -0.4 is 19.9 Å². The molecule has 1 amide bonds. The first-order valence-electron chi connectivity index (χ1n) is 15.3. The highest BCUT2D eigenvalue weighted by atomic mass is 35.5. The molecule has 3 fully saturated rings. The lowest BCUT2D eigenvalue weighted by atomic mass is 10.0. The molecule has 0 aliphatic carbocycles. The largest absolute Gasteiger partial charge is 0.462 e. The minimum Gasteiger partial charge on any atom is -0.462 e. The first-order valence-corrected chi connectivity index (χ1v) is 15.7. The van der Waals surface area contributed by atoms with Gasteiger partial charge in [-0.2, -0.15) is 15.2 Å². The van der Waals surface area contributed by atoms with Gasteiger partial charge in [-0.05, 0) is 50.4 Å². The number of rotatable bonds is 7. The van der Waals surface area contributed by atoms with Crippen LogP contribution in [0.15, 0.2) is 36.4 Å². The van der Waals surface area contributed by atoms with E-state index in [0.29, 0.717) is 51.4 Å². The van der Waals surface area contributed by atoms with Crippen LogP contribution >= 0.6 is 11.6 Å². The van der Waals surface area contributed by atoms with E-state index < -0.39 is 0 Å². The number of nitrogens with zero attached hydrogens (tertiary/aromatic N) is 7. The van der Waals surface area contributed by atoms with Crippen molar-refractivity contribution in [3.8, 4) is 12.1 Å². The van der Waals surface area contributed by atoms with Crippen molar-refractivity contribution in [2.24, 2.45) is 0 Å². The summed E-state index contributed by atoms with van der Waals surface area (Å²) in [6, 6.07) is 15.1. The van der Waals surface area contributed by atoms with Crippen molar-refractivity contribution >= 4 is 39.8 Å². The fraction of sp³-hybridized carbons (Fsp3) is 0.500. The number of piperazine rings is 1. The molecule has 4 aliphatic rings. The molecule has 0 saturated carbocycles. The third kappa shape index (κ3) is 5.57. The van der Waals surface area contributed by atoms with Gasteiger partial charge in [0.25, 0.3) is 0 Å². The molecule has 224 valence electrons. The lowest BCUT2D eigenvalue weighted by Crippen LogP contribution is -2.57. The van der Waals surface area contributed by atoms with E-state index in [2.05, 4.69) is 57.4 Å². The molecule has 1 aromatic heterocycles. The molecule has 0 radical (unpaired) electrons. The molecule has 4 aliphatic heterocycles. The fourth-order valence-electron chi connectivity index (χ4n) is 6.87. The van der Waals surface area contributed by atoms with Crippen LogP contribution in [-0.4, -0.2) is 96.7 Å². The number of nitrogens with one attached hydrogen (secondary N) is 1. The Labute approximate surface area is 257 Å². The van der Waals surface area contributed by atoms with E-state index in [1.54, 1.807) is 0 Å². The van der Waals surface area contributed by atoms with Crippen molar-refractivity contribution in [3.05, 3.63) is 52.7 Å². The van der Waals surface area contributed by atoms with Crippen molar-refractivity contribution in [1.82, 2.24) is 25.1 Å². The molecule has 0 spiro atoms. The standard InChI is InChI=1S/C32H37ClN8O2/c1-38-13-4-7-23(38)20-43-32-36-27-19-39(28-9-3-6-21-5-2-8-25(33)29(21)28)14-11-24(27)30(37-32)40-15-16-41(22(18-40)10-12-34)31(42)26-17-35-26/h2-3,5-6,8-9,22-23,26,35H,4,7,10-11,13-20H2,1H3/t22-,23-,26-/m0/s1. The summed E-state index contributed by atoms with van der Waals surface area (Å²) in [5.41, 5.74) is 3.17. The number of halogens is 1. The van der Waals surface area contributed by atoms with Crippen LogP contribution in [0.4, 0.5) is 11.5 Å². The highest BCUT2D eigenvalue weighted by Crippen LogP contribution is 2.37. The Bertz CT molecular complexity index is 1570. The molecule has 3 aromatic rings. The number of hydrogen-bond donors (Lipinski definition) is 1. The first kappa shape index (κ1) is 28.1. The molecule has 7 rings (SSSR count). The number of ether oxygens (including phenoxy) is 1. The van der Waals surface area contributed by atoms with Gasteiger partial charge in [0, 0.05) is 55.4 Å². The van der Waals surface area contributed by atoms with Gasteiger partial charge in [-0.3, -0.25) is 4.79 Å². The average molecular weight is 601 g/mol. The summed E-state index contributed by atoms with van der Waals surface area (Å²) in [5, 5.41) is 15.6. The van der Waals surface area contributed by atoms with Crippen molar-refractivity contribution in [1.29, 1.82) is 5.26 Å². The SMILES string of the molecule is CN1CCC[C@H]1COc1nc2c(c(N3CCN(C(=O)[C@@H]4CN4)[C@@H](CC#N)C3)n1)CCN(c1cccc3cccc(Cl)c13)C2. The Morgan fingerprint density at radius 3 is 2.72 bits per heavy atom. The molecular formula is C32H37ClN8O2. The summed E-state index contributed by atoms with van der Waals surface area (Å²) < 4.78 is 6.31. The number of likely N-dealkylation sites (N-methyl/N-ethyl adjacent to an activating group) is 1. The van der Waals surface area contributed by atoms with E-state index in [4.69, 9.17) is 26.3 Å². The maximum atomic E-state index is 13.0. The van der Waals surface area contributed by atoms with Gasteiger partial charge in [0.1, 0.15) is 12.4 Å².